The Morgan fingerprint density at radius 3 is 2.81 bits per heavy atom. The van der Waals surface area contributed by atoms with Gasteiger partial charge in [-0.1, -0.05) is 25.2 Å². The average molecular weight is 385 g/mol. The van der Waals surface area contributed by atoms with E-state index in [0.29, 0.717) is 6.42 Å². The predicted molar refractivity (Wildman–Crippen MR) is 91.7 cm³/mol. The van der Waals surface area contributed by atoms with Gasteiger partial charge >= 0.3 is 12.1 Å². The Balaban J connectivity index is 2.42. The van der Waals surface area contributed by atoms with E-state index in [1.54, 1.807) is 9.88 Å². The molecular weight excluding hydrogens is 367 g/mol. The number of ether oxygens (including phenoxy) is 1. The van der Waals surface area contributed by atoms with Crippen LogP contribution in [0.3, 0.4) is 0 Å². The average Bonchev–Trinajstić information content (AvgIpc) is 2.94. The van der Waals surface area contributed by atoms with Gasteiger partial charge in [0.25, 0.3) is 5.56 Å². The number of nitrogens with two attached hydrogens (primary N) is 1. The maximum Gasteiger partial charge on any atom is 0.471 e. The minimum absolute atomic E-state index is 0.0878. The minimum Gasteiger partial charge on any atom is -0.369 e. The van der Waals surface area contributed by atoms with Crippen molar-refractivity contribution in [1.82, 2.24) is 19.9 Å². The van der Waals surface area contributed by atoms with Gasteiger partial charge in [-0.3, -0.25) is 14.6 Å². The first-order valence-electron chi connectivity index (χ1n) is 7.96. The number of halogens is 3. The Bertz CT molecular complexity index is 952. The number of hydrogen-bond donors (Lipinski definition) is 3. The van der Waals surface area contributed by atoms with Crippen LogP contribution in [0.2, 0.25) is 0 Å². The van der Waals surface area contributed by atoms with Crippen LogP contribution in [0.1, 0.15) is 31.6 Å². The first kappa shape index (κ1) is 20.3. The topological polar surface area (TPSA) is 115 Å². The van der Waals surface area contributed by atoms with E-state index in [4.69, 9.17) is 10.5 Å². The molecule has 0 saturated heterocycles. The van der Waals surface area contributed by atoms with Gasteiger partial charge < -0.3 is 20.4 Å². The third-order valence-electron chi connectivity index (χ3n) is 3.64. The maximum absolute atomic E-state index is 12.3. The molecule has 0 spiro atoms. The van der Waals surface area contributed by atoms with Crippen molar-refractivity contribution < 1.29 is 22.7 Å². The van der Waals surface area contributed by atoms with E-state index in [2.05, 4.69) is 21.8 Å². The number of aromatic nitrogens is 3. The number of aromatic amines is 1. The number of rotatable bonds is 5. The fraction of sp³-hybridized carbons (Fsp3) is 0.438. The number of carbonyl (C=O) groups excluding carboxylic acids is 1. The lowest BCUT2D eigenvalue weighted by atomic mass is 10.2. The monoisotopic (exact) mass is 385 g/mol. The molecule has 0 aromatic carbocycles. The van der Waals surface area contributed by atoms with Crippen LogP contribution in [-0.4, -0.2) is 40.3 Å². The maximum atomic E-state index is 12.3. The number of anilines is 1. The summed E-state index contributed by atoms with van der Waals surface area (Å²) in [5, 5.41) is 1.77. The number of carbonyl (C=O) groups is 1. The Morgan fingerprint density at radius 1 is 1.52 bits per heavy atom. The van der Waals surface area contributed by atoms with Crippen LogP contribution in [0.4, 0.5) is 19.1 Å². The summed E-state index contributed by atoms with van der Waals surface area (Å²) in [6.45, 7) is 1.42. The van der Waals surface area contributed by atoms with Crippen LogP contribution in [-0.2, 0) is 9.53 Å². The number of methoxy groups -OCH3 is 1. The summed E-state index contributed by atoms with van der Waals surface area (Å²) in [7, 11) is 1.50. The predicted octanol–water partition coefficient (Wildman–Crippen LogP) is 1.28. The van der Waals surface area contributed by atoms with E-state index in [-0.39, 0.29) is 22.5 Å². The number of H-pyrrole nitrogens is 1. The van der Waals surface area contributed by atoms with Crippen molar-refractivity contribution in [3.8, 4) is 11.8 Å². The Hall–Kier alpha value is -3.00. The fourth-order valence-corrected chi connectivity index (χ4v) is 2.47. The van der Waals surface area contributed by atoms with Crippen molar-refractivity contribution >= 4 is 22.9 Å². The molecule has 27 heavy (non-hydrogen) atoms. The van der Waals surface area contributed by atoms with Gasteiger partial charge in [-0.05, 0) is 6.42 Å². The standard InChI is InChI=1S/C16H18F3N5O3/c1-3-5-10(27-2)24-8-9(6-4-7-21-14(26)16(17,18)19)11-12(24)22-15(20)23-13(11)25/h8,10H,3,5,7H2,1-2H3,(H,21,26)(H3,20,22,23,25). The van der Waals surface area contributed by atoms with Crippen molar-refractivity contribution in [1.29, 1.82) is 0 Å². The number of amides is 1. The number of nitrogens with zero attached hydrogens (tertiary/aromatic N) is 2. The largest absolute Gasteiger partial charge is 0.471 e. The molecule has 8 nitrogen and oxygen atoms in total. The highest BCUT2D eigenvalue weighted by molar-refractivity contribution is 5.84. The van der Waals surface area contributed by atoms with Crippen LogP contribution in [0, 0.1) is 11.8 Å². The summed E-state index contributed by atoms with van der Waals surface area (Å²) < 4.78 is 43.5. The molecule has 2 heterocycles. The van der Waals surface area contributed by atoms with E-state index in [1.165, 1.54) is 13.3 Å². The lowest BCUT2D eigenvalue weighted by Crippen LogP contribution is -2.36. The molecular formula is C16H18F3N5O3. The normalized spacial score (nSPS) is 12.5. The summed E-state index contributed by atoms with van der Waals surface area (Å²) in [6.07, 6.45) is -2.46. The second-order valence-electron chi connectivity index (χ2n) is 5.56. The van der Waals surface area contributed by atoms with Crippen molar-refractivity contribution in [3.05, 3.63) is 22.1 Å². The molecule has 0 bridgehead atoms. The summed E-state index contributed by atoms with van der Waals surface area (Å²) in [5.41, 5.74) is 5.55. The lowest BCUT2D eigenvalue weighted by molar-refractivity contribution is -0.173. The van der Waals surface area contributed by atoms with Crippen molar-refractivity contribution in [3.63, 3.8) is 0 Å². The molecule has 4 N–H and O–H groups in total. The van der Waals surface area contributed by atoms with Crippen LogP contribution >= 0.6 is 0 Å². The van der Waals surface area contributed by atoms with Crippen LogP contribution < -0.4 is 16.6 Å². The van der Waals surface area contributed by atoms with Gasteiger partial charge in [-0.2, -0.15) is 18.2 Å². The smallest absolute Gasteiger partial charge is 0.369 e. The van der Waals surface area contributed by atoms with Gasteiger partial charge in [-0.15, -0.1) is 0 Å². The van der Waals surface area contributed by atoms with E-state index in [1.807, 2.05) is 6.92 Å². The summed E-state index contributed by atoms with van der Waals surface area (Å²) in [6, 6.07) is 0. The number of nitrogen functional groups attached to an aromatic ring is 1. The molecule has 2 aromatic heterocycles. The zero-order chi connectivity index (χ0) is 20.2. The van der Waals surface area contributed by atoms with Gasteiger partial charge in [0.15, 0.2) is 5.65 Å². The Kier molecular flexibility index (Phi) is 6.12. The molecule has 1 amide bonds. The number of hydrogen-bond acceptors (Lipinski definition) is 5. The van der Waals surface area contributed by atoms with Gasteiger partial charge in [0.2, 0.25) is 5.95 Å². The van der Waals surface area contributed by atoms with Gasteiger partial charge in [0.05, 0.1) is 17.5 Å². The molecule has 0 aliphatic carbocycles. The second-order valence-corrected chi connectivity index (χ2v) is 5.56. The molecule has 2 aromatic rings. The van der Waals surface area contributed by atoms with Crippen molar-refractivity contribution in [2.45, 2.75) is 32.2 Å². The highest BCUT2D eigenvalue weighted by atomic mass is 19.4. The zero-order valence-corrected chi connectivity index (χ0v) is 14.6. The lowest BCUT2D eigenvalue weighted by Gasteiger charge is -2.16. The first-order valence-corrected chi connectivity index (χ1v) is 7.96. The molecule has 0 fully saturated rings. The highest BCUT2D eigenvalue weighted by Crippen LogP contribution is 2.24. The molecule has 2 rings (SSSR count). The van der Waals surface area contributed by atoms with E-state index in [0.717, 1.165) is 6.42 Å². The second kappa shape index (κ2) is 8.13. The molecule has 11 heteroatoms. The molecule has 1 unspecified atom stereocenters. The van der Waals surface area contributed by atoms with E-state index >= 15 is 0 Å². The molecule has 0 aliphatic heterocycles. The third kappa shape index (κ3) is 4.59. The SMILES string of the molecule is CCCC(OC)n1cc(C#CCNC(=O)C(F)(F)F)c2c(=O)[nH]c(N)nc21. The number of nitrogens with one attached hydrogen (secondary N) is 2. The minimum atomic E-state index is -4.98. The molecule has 0 aliphatic rings. The quantitative estimate of drug-likeness (QED) is 0.671. The molecule has 146 valence electrons. The number of fused-ring (bicyclic) bond motifs is 1. The summed E-state index contributed by atoms with van der Waals surface area (Å²) >= 11 is 0. The van der Waals surface area contributed by atoms with Gasteiger partial charge in [0.1, 0.15) is 6.23 Å². The van der Waals surface area contributed by atoms with Crippen LogP contribution in [0.15, 0.2) is 11.0 Å². The van der Waals surface area contributed by atoms with E-state index in [9.17, 15) is 22.8 Å². The Labute approximate surface area is 151 Å². The Morgan fingerprint density at radius 2 is 2.22 bits per heavy atom. The molecule has 1 atom stereocenters. The summed E-state index contributed by atoms with van der Waals surface area (Å²) in [5.74, 6) is 2.80. The van der Waals surface area contributed by atoms with Crippen LogP contribution in [0.5, 0.6) is 0 Å². The third-order valence-corrected chi connectivity index (χ3v) is 3.64. The van der Waals surface area contributed by atoms with Crippen LogP contribution in [0.25, 0.3) is 11.0 Å². The first-order chi connectivity index (χ1) is 12.7. The number of alkyl halides is 3. The highest BCUT2D eigenvalue weighted by Gasteiger charge is 2.38. The van der Waals surface area contributed by atoms with E-state index < -0.39 is 30.4 Å². The molecule has 0 radical (unpaired) electrons. The van der Waals surface area contributed by atoms with Crippen molar-refractivity contribution in [2.75, 3.05) is 19.4 Å². The van der Waals surface area contributed by atoms with Gasteiger partial charge in [0, 0.05) is 13.3 Å². The van der Waals surface area contributed by atoms with Crippen molar-refractivity contribution in [2.24, 2.45) is 0 Å². The van der Waals surface area contributed by atoms with Gasteiger partial charge in [-0.25, -0.2) is 0 Å². The molecule has 0 saturated carbocycles. The summed E-state index contributed by atoms with van der Waals surface area (Å²) in [4.78, 5) is 29.5. The fourth-order valence-electron chi connectivity index (χ4n) is 2.47. The zero-order valence-electron chi connectivity index (χ0n) is 14.6.